The Labute approximate surface area is 177 Å². The smallest absolute Gasteiger partial charge is 0.124 e. The van der Waals surface area contributed by atoms with Crippen molar-refractivity contribution in [3.05, 3.63) is 112 Å². The molecule has 0 aliphatic rings. The van der Waals surface area contributed by atoms with Gasteiger partial charge < -0.3 is 10.1 Å². The van der Waals surface area contributed by atoms with Gasteiger partial charge in [0.2, 0.25) is 0 Å². The molecule has 0 fully saturated rings. The van der Waals surface area contributed by atoms with E-state index in [4.69, 9.17) is 16.3 Å². The second kappa shape index (κ2) is 9.13. The Morgan fingerprint density at radius 1 is 0.793 bits per heavy atom. The third-order valence-corrected chi connectivity index (χ3v) is 5.46. The van der Waals surface area contributed by atoms with Gasteiger partial charge >= 0.3 is 0 Å². The van der Waals surface area contributed by atoms with Gasteiger partial charge in [-0.1, -0.05) is 90.0 Å². The minimum absolute atomic E-state index is 0.552. The Hall–Kier alpha value is -2.81. The van der Waals surface area contributed by atoms with Crippen LogP contribution in [0.25, 0.3) is 10.8 Å². The van der Waals surface area contributed by atoms with Crippen LogP contribution in [0.4, 0.5) is 0 Å². The van der Waals surface area contributed by atoms with E-state index in [0.29, 0.717) is 19.7 Å². The normalized spacial score (nSPS) is 11.0. The Morgan fingerprint density at radius 2 is 1.55 bits per heavy atom. The van der Waals surface area contributed by atoms with Crippen LogP contribution in [0, 0.1) is 6.92 Å². The van der Waals surface area contributed by atoms with Gasteiger partial charge in [-0.15, -0.1) is 0 Å². The largest absolute Gasteiger partial charge is 0.489 e. The third kappa shape index (κ3) is 4.79. The van der Waals surface area contributed by atoms with Crippen LogP contribution in [0.15, 0.2) is 84.9 Å². The summed E-state index contributed by atoms with van der Waals surface area (Å²) in [6.45, 7) is 4.06. The van der Waals surface area contributed by atoms with Crippen molar-refractivity contribution in [1.82, 2.24) is 5.32 Å². The van der Waals surface area contributed by atoms with Gasteiger partial charge in [-0.05, 0) is 41.0 Å². The van der Waals surface area contributed by atoms with Crippen LogP contribution >= 0.6 is 11.6 Å². The number of benzene rings is 4. The molecule has 0 amide bonds. The summed E-state index contributed by atoms with van der Waals surface area (Å²) in [6, 6.07) is 29.0. The number of nitrogens with one attached hydrogen (secondary N) is 1. The van der Waals surface area contributed by atoms with Crippen molar-refractivity contribution in [2.75, 3.05) is 0 Å². The average molecular weight is 402 g/mol. The van der Waals surface area contributed by atoms with E-state index in [1.807, 2.05) is 24.3 Å². The second-order valence-electron chi connectivity index (χ2n) is 7.23. The average Bonchev–Trinajstić information content (AvgIpc) is 2.75. The molecule has 2 nitrogen and oxygen atoms in total. The molecule has 0 atom stereocenters. The van der Waals surface area contributed by atoms with E-state index in [2.05, 4.69) is 72.9 Å². The Kier molecular flexibility index (Phi) is 6.14. The van der Waals surface area contributed by atoms with Crippen molar-refractivity contribution in [3.8, 4) is 5.75 Å². The SMILES string of the molecule is Cc1ccc(COc2ccc3ccccc3c2CNCc2ccccc2Cl)cc1. The minimum Gasteiger partial charge on any atom is -0.489 e. The van der Waals surface area contributed by atoms with Gasteiger partial charge in [0.1, 0.15) is 12.4 Å². The van der Waals surface area contributed by atoms with E-state index in [1.165, 1.54) is 27.5 Å². The van der Waals surface area contributed by atoms with Crippen LogP contribution in [0.2, 0.25) is 5.02 Å². The number of halogens is 1. The number of ether oxygens (including phenoxy) is 1. The van der Waals surface area contributed by atoms with Crippen molar-refractivity contribution in [2.24, 2.45) is 0 Å². The lowest BCUT2D eigenvalue weighted by molar-refractivity contribution is 0.302. The van der Waals surface area contributed by atoms with Crippen molar-refractivity contribution in [3.63, 3.8) is 0 Å². The quantitative estimate of drug-likeness (QED) is 0.373. The maximum absolute atomic E-state index is 6.30. The number of hydrogen-bond donors (Lipinski definition) is 1. The maximum Gasteiger partial charge on any atom is 0.124 e. The van der Waals surface area contributed by atoms with Crippen molar-refractivity contribution in [2.45, 2.75) is 26.6 Å². The molecule has 0 spiro atoms. The summed E-state index contributed by atoms with van der Waals surface area (Å²) in [7, 11) is 0. The lowest BCUT2D eigenvalue weighted by Gasteiger charge is -2.16. The van der Waals surface area contributed by atoms with Crippen molar-refractivity contribution < 1.29 is 4.74 Å². The molecule has 0 radical (unpaired) electrons. The number of rotatable bonds is 7. The van der Waals surface area contributed by atoms with E-state index in [9.17, 15) is 0 Å². The molecule has 0 aromatic heterocycles. The Bertz CT molecular complexity index is 1110. The molecule has 4 aromatic carbocycles. The molecule has 0 saturated carbocycles. The molecule has 0 heterocycles. The molecule has 0 aliphatic heterocycles. The van der Waals surface area contributed by atoms with Gasteiger partial charge in [-0.3, -0.25) is 0 Å². The van der Waals surface area contributed by atoms with E-state index in [1.54, 1.807) is 0 Å². The molecule has 4 aromatic rings. The van der Waals surface area contributed by atoms with Gasteiger partial charge in [-0.2, -0.15) is 0 Å². The zero-order chi connectivity index (χ0) is 20.1. The van der Waals surface area contributed by atoms with E-state index in [-0.39, 0.29) is 0 Å². The standard InChI is InChI=1S/C26H24ClNO/c1-19-10-12-20(13-11-19)18-29-26-15-14-21-6-2-4-8-23(21)24(26)17-28-16-22-7-3-5-9-25(22)27/h2-15,28H,16-18H2,1H3. The first-order valence-electron chi connectivity index (χ1n) is 9.84. The summed E-state index contributed by atoms with van der Waals surface area (Å²) in [5, 5.41) is 6.74. The maximum atomic E-state index is 6.30. The Balaban J connectivity index is 1.55. The molecular weight excluding hydrogens is 378 g/mol. The first-order chi connectivity index (χ1) is 14.2. The lowest BCUT2D eigenvalue weighted by Crippen LogP contribution is -2.14. The number of hydrogen-bond acceptors (Lipinski definition) is 2. The molecule has 0 bridgehead atoms. The number of fused-ring (bicyclic) bond motifs is 1. The highest BCUT2D eigenvalue weighted by molar-refractivity contribution is 6.31. The zero-order valence-corrected chi connectivity index (χ0v) is 17.2. The molecule has 0 saturated heterocycles. The first-order valence-corrected chi connectivity index (χ1v) is 10.2. The monoisotopic (exact) mass is 401 g/mol. The number of aryl methyl sites for hydroxylation is 1. The summed E-state index contributed by atoms with van der Waals surface area (Å²) in [5.41, 5.74) is 4.68. The third-order valence-electron chi connectivity index (χ3n) is 5.09. The van der Waals surface area contributed by atoms with E-state index < -0.39 is 0 Å². The highest BCUT2D eigenvalue weighted by atomic mass is 35.5. The molecule has 0 aliphatic carbocycles. The fourth-order valence-electron chi connectivity index (χ4n) is 3.44. The molecule has 146 valence electrons. The van der Waals surface area contributed by atoms with Gasteiger partial charge in [0, 0.05) is 23.7 Å². The van der Waals surface area contributed by atoms with Crippen LogP contribution in [0.1, 0.15) is 22.3 Å². The molecule has 4 rings (SSSR count). The topological polar surface area (TPSA) is 21.3 Å². The highest BCUT2D eigenvalue weighted by Gasteiger charge is 2.10. The van der Waals surface area contributed by atoms with Crippen LogP contribution in [0.5, 0.6) is 5.75 Å². The summed E-state index contributed by atoms with van der Waals surface area (Å²) in [4.78, 5) is 0. The van der Waals surface area contributed by atoms with E-state index in [0.717, 1.165) is 16.3 Å². The minimum atomic E-state index is 0.552. The molecule has 3 heteroatoms. The highest BCUT2D eigenvalue weighted by Crippen LogP contribution is 2.29. The van der Waals surface area contributed by atoms with Gasteiger partial charge in [0.05, 0.1) is 0 Å². The zero-order valence-electron chi connectivity index (χ0n) is 16.5. The fraction of sp³-hybridized carbons (Fsp3) is 0.154. The van der Waals surface area contributed by atoms with Crippen molar-refractivity contribution >= 4 is 22.4 Å². The van der Waals surface area contributed by atoms with Crippen LogP contribution in [0.3, 0.4) is 0 Å². The van der Waals surface area contributed by atoms with E-state index >= 15 is 0 Å². The summed E-state index contributed by atoms with van der Waals surface area (Å²) < 4.78 is 6.23. The first kappa shape index (κ1) is 19.5. The van der Waals surface area contributed by atoms with Crippen LogP contribution in [-0.4, -0.2) is 0 Å². The summed E-state index contributed by atoms with van der Waals surface area (Å²) in [6.07, 6.45) is 0. The van der Waals surface area contributed by atoms with Gasteiger partial charge in [-0.25, -0.2) is 0 Å². The molecule has 29 heavy (non-hydrogen) atoms. The molecule has 0 unspecified atom stereocenters. The lowest BCUT2D eigenvalue weighted by atomic mass is 10.0. The molecule has 1 N–H and O–H groups in total. The summed E-state index contributed by atoms with van der Waals surface area (Å²) in [5.74, 6) is 0.913. The van der Waals surface area contributed by atoms with Gasteiger partial charge in [0.25, 0.3) is 0 Å². The second-order valence-corrected chi connectivity index (χ2v) is 7.64. The Morgan fingerprint density at radius 3 is 2.38 bits per heavy atom. The summed E-state index contributed by atoms with van der Waals surface area (Å²) >= 11 is 6.30. The predicted molar refractivity (Wildman–Crippen MR) is 121 cm³/mol. The fourth-order valence-corrected chi connectivity index (χ4v) is 3.65. The van der Waals surface area contributed by atoms with Crippen LogP contribution in [-0.2, 0) is 19.7 Å². The molecular formula is C26H24ClNO. The predicted octanol–water partition coefficient (Wildman–Crippen LogP) is 6.67. The van der Waals surface area contributed by atoms with Crippen molar-refractivity contribution in [1.29, 1.82) is 0 Å². The van der Waals surface area contributed by atoms with Gasteiger partial charge in [0.15, 0.2) is 0 Å². The van der Waals surface area contributed by atoms with Crippen LogP contribution < -0.4 is 10.1 Å².